The molecule has 3 nitrogen and oxygen atoms in total. The molecule has 0 saturated heterocycles. The van der Waals surface area contributed by atoms with E-state index in [2.05, 4.69) is 34.6 Å². The molecule has 0 unspecified atom stereocenters. The van der Waals surface area contributed by atoms with Gasteiger partial charge in [0.2, 0.25) is 5.88 Å². The number of hydrogen-bond acceptors (Lipinski definition) is 3. The lowest BCUT2D eigenvalue weighted by Gasteiger charge is -2.15. The van der Waals surface area contributed by atoms with Crippen molar-refractivity contribution in [1.82, 2.24) is 10.3 Å². The Morgan fingerprint density at radius 2 is 1.81 bits per heavy atom. The van der Waals surface area contributed by atoms with Gasteiger partial charge in [0.25, 0.3) is 0 Å². The van der Waals surface area contributed by atoms with E-state index in [0.29, 0.717) is 6.10 Å². The number of hydrogen-bond donors (Lipinski definition) is 1. The summed E-state index contributed by atoms with van der Waals surface area (Å²) in [5.74, 6) is 0.813. The third-order valence-electron chi connectivity index (χ3n) is 4.58. The van der Waals surface area contributed by atoms with E-state index in [9.17, 15) is 0 Å². The first-order valence-electron chi connectivity index (χ1n) is 8.17. The third kappa shape index (κ3) is 2.88. The summed E-state index contributed by atoms with van der Waals surface area (Å²) in [6, 6.07) is 9.21. The highest BCUT2D eigenvalue weighted by Crippen LogP contribution is 2.30. The van der Waals surface area contributed by atoms with Gasteiger partial charge in [-0.1, -0.05) is 18.2 Å². The number of ether oxygens (including phenoxy) is 1. The molecule has 2 fully saturated rings. The molecule has 110 valence electrons. The molecule has 21 heavy (non-hydrogen) atoms. The molecule has 3 heteroatoms. The summed E-state index contributed by atoms with van der Waals surface area (Å²) in [5.41, 5.74) is 1.27. The van der Waals surface area contributed by atoms with Crippen molar-refractivity contribution in [3.8, 4) is 5.88 Å². The molecule has 0 bridgehead atoms. The van der Waals surface area contributed by atoms with Gasteiger partial charge >= 0.3 is 0 Å². The van der Waals surface area contributed by atoms with Crippen molar-refractivity contribution in [2.24, 2.45) is 0 Å². The van der Waals surface area contributed by atoms with Crippen molar-refractivity contribution in [2.45, 2.75) is 57.2 Å². The van der Waals surface area contributed by atoms with Crippen LogP contribution in [0.15, 0.2) is 30.5 Å². The zero-order valence-electron chi connectivity index (χ0n) is 12.3. The van der Waals surface area contributed by atoms with Crippen molar-refractivity contribution >= 4 is 10.8 Å². The van der Waals surface area contributed by atoms with Crippen LogP contribution in [0.25, 0.3) is 10.8 Å². The average molecular weight is 282 g/mol. The second-order valence-electron chi connectivity index (χ2n) is 6.31. The van der Waals surface area contributed by atoms with E-state index in [-0.39, 0.29) is 0 Å². The number of nitrogens with zero attached hydrogens (tertiary/aromatic N) is 1. The highest BCUT2D eigenvalue weighted by Gasteiger charge is 2.21. The van der Waals surface area contributed by atoms with Crippen LogP contribution in [0.4, 0.5) is 0 Å². The standard InChI is InChI=1S/C18H22N2O/c1-2-6-15(5-1)21-18-17-8-4-3-7-16(17)13(12-20-18)11-19-14-9-10-14/h3-4,7-8,12,14-15,19H,1-2,5-6,9-11H2. The van der Waals surface area contributed by atoms with Crippen molar-refractivity contribution in [2.75, 3.05) is 0 Å². The zero-order chi connectivity index (χ0) is 14.1. The predicted octanol–water partition coefficient (Wildman–Crippen LogP) is 3.81. The zero-order valence-corrected chi connectivity index (χ0v) is 12.3. The molecule has 2 aliphatic rings. The summed E-state index contributed by atoms with van der Waals surface area (Å²) in [6.07, 6.45) is 9.88. The van der Waals surface area contributed by atoms with Crippen LogP contribution < -0.4 is 10.1 Å². The van der Waals surface area contributed by atoms with Crippen LogP contribution in [0.1, 0.15) is 44.1 Å². The molecule has 0 amide bonds. The number of rotatable bonds is 5. The van der Waals surface area contributed by atoms with Gasteiger partial charge in [-0.25, -0.2) is 4.98 Å². The van der Waals surface area contributed by atoms with Crippen LogP contribution in [-0.2, 0) is 6.54 Å². The number of benzene rings is 1. The number of aromatic nitrogens is 1. The highest BCUT2D eigenvalue weighted by molar-refractivity contribution is 5.89. The molecule has 1 N–H and O–H groups in total. The average Bonchev–Trinajstić information content (AvgIpc) is 3.21. The summed E-state index contributed by atoms with van der Waals surface area (Å²) in [4.78, 5) is 4.61. The lowest BCUT2D eigenvalue weighted by atomic mass is 10.1. The van der Waals surface area contributed by atoms with Crippen molar-refractivity contribution < 1.29 is 4.74 Å². The lowest BCUT2D eigenvalue weighted by Crippen LogP contribution is -2.16. The van der Waals surface area contributed by atoms with Gasteiger partial charge in [-0.15, -0.1) is 0 Å². The molecule has 1 aromatic heterocycles. The van der Waals surface area contributed by atoms with E-state index in [0.717, 1.165) is 23.9 Å². The first kappa shape index (κ1) is 13.1. The SMILES string of the molecule is c1ccc2c(OC3CCCC3)ncc(CNC3CC3)c2c1. The quantitative estimate of drug-likeness (QED) is 0.905. The molecule has 2 saturated carbocycles. The van der Waals surface area contributed by atoms with Crippen molar-refractivity contribution in [3.63, 3.8) is 0 Å². The summed E-state index contributed by atoms with van der Waals surface area (Å²) in [7, 11) is 0. The van der Waals surface area contributed by atoms with E-state index in [1.165, 1.54) is 49.5 Å². The molecule has 0 radical (unpaired) electrons. The molecule has 1 heterocycles. The molecule has 2 aromatic rings. The van der Waals surface area contributed by atoms with Gasteiger partial charge in [-0.05, 0) is 55.5 Å². The van der Waals surface area contributed by atoms with Gasteiger partial charge in [-0.2, -0.15) is 0 Å². The van der Waals surface area contributed by atoms with Gasteiger partial charge in [-0.3, -0.25) is 0 Å². The molecule has 4 rings (SSSR count). The predicted molar refractivity (Wildman–Crippen MR) is 84.5 cm³/mol. The molecule has 0 spiro atoms. The van der Waals surface area contributed by atoms with Crippen LogP contribution in [0.5, 0.6) is 5.88 Å². The van der Waals surface area contributed by atoms with Crippen LogP contribution in [-0.4, -0.2) is 17.1 Å². The Morgan fingerprint density at radius 1 is 1.05 bits per heavy atom. The normalized spacial score (nSPS) is 19.2. The fourth-order valence-electron chi connectivity index (χ4n) is 3.17. The Morgan fingerprint density at radius 3 is 2.57 bits per heavy atom. The monoisotopic (exact) mass is 282 g/mol. The molecule has 2 aliphatic carbocycles. The smallest absolute Gasteiger partial charge is 0.221 e. The van der Waals surface area contributed by atoms with E-state index < -0.39 is 0 Å². The van der Waals surface area contributed by atoms with Crippen molar-refractivity contribution in [1.29, 1.82) is 0 Å². The van der Waals surface area contributed by atoms with Crippen molar-refractivity contribution in [3.05, 3.63) is 36.0 Å². The minimum Gasteiger partial charge on any atom is -0.474 e. The molecular formula is C18H22N2O. The van der Waals surface area contributed by atoms with E-state index in [1.54, 1.807) is 0 Å². The topological polar surface area (TPSA) is 34.1 Å². The largest absolute Gasteiger partial charge is 0.474 e. The fourth-order valence-corrected chi connectivity index (χ4v) is 3.17. The maximum absolute atomic E-state index is 6.15. The summed E-state index contributed by atoms with van der Waals surface area (Å²) < 4.78 is 6.15. The lowest BCUT2D eigenvalue weighted by molar-refractivity contribution is 0.204. The van der Waals surface area contributed by atoms with Crippen LogP contribution >= 0.6 is 0 Å². The summed E-state index contributed by atoms with van der Waals surface area (Å²) in [5, 5.41) is 6.00. The number of pyridine rings is 1. The molecular weight excluding hydrogens is 260 g/mol. The number of nitrogens with one attached hydrogen (secondary N) is 1. The maximum Gasteiger partial charge on any atom is 0.221 e. The van der Waals surface area contributed by atoms with Gasteiger partial charge in [0, 0.05) is 24.2 Å². The Bertz CT molecular complexity index is 630. The van der Waals surface area contributed by atoms with Crippen LogP contribution in [0.2, 0.25) is 0 Å². The van der Waals surface area contributed by atoms with Crippen LogP contribution in [0.3, 0.4) is 0 Å². The van der Waals surface area contributed by atoms with Crippen LogP contribution in [0, 0.1) is 0 Å². The van der Waals surface area contributed by atoms with Gasteiger partial charge in [0.1, 0.15) is 6.10 Å². The minimum absolute atomic E-state index is 0.358. The first-order valence-corrected chi connectivity index (χ1v) is 8.17. The second-order valence-corrected chi connectivity index (χ2v) is 6.31. The fraction of sp³-hybridized carbons (Fsp3) is 0.500. The number of fused-ring (bicyclic) bond motifs is 1. The highest BCUT2D eigenvalue weighted by atomic mass is 16.5. The second kappa shape index (κ2) is 5.64. The van der Waals surface area contributed by atoms with Gasteiger partial charge in [0.05, 0.1) is 0 Å². The minimum atomic E-state index is 0.358. The van der Waals surface area contributed by atoms with E-state index >= 15 is 0 Å². The summed E-state index contributed by atoms with van der Waals surface area (Å²) in [6.45, 7) is 0.905. The Labute approximate surface area is 125 Å². The third-order valence-corrected chi connectivity index (χ3v) is 4.58. The van der Waals surface area contributed by atoms with E-state index in [1.807, 2.05) is 6.20 Å². The van der Waals surface area contributed by atoms with Gasteiger partial charge in [0.15, 0.2) is 0 Å². The Kier molecular flexibility index (Phi) is 3.52. The molecule has 0 atom stereocenters. The van der Waals surface area contributed by atoms with E-state index in [4.69, 9.17) is 4.74 Å². The maximum atomic E-state index is 6.15. The van der Waals surface area contributed by atoms with Gasteiger partial charge < -0.3 is 10.1 Å². The molecule has 1 aromatic carbocycles. The molecule has 0 aliphatic heterocycles. The first-order chi connectivity index (χ1) is 10.4. The Balaban J connectivity index is 1.63. The Hall–Kier alpha value is -1.61. The summed E-state index contributed by atoms with van der Waals surface area (Å²) >= 11 is 0.